The molecule has 224 valence electrons. The molecule has 10 aromatic rings. The first kappa shape index (κ1) is 26.3. The van der Waals surface area contributed by atoms with Gasteiger partial charge >= 0.3 is 0 Å². The minimum absolute atomic E-state index is 0.787. The van der Waals surface area contributed by atoms with Gasteiger partial charge in [-0.25, -0.2) is 0 Å². The Morgan fingerprint density at radius 2 is 0.915 bits per heavy atom. The fourth-order valence-electron chi connectivity index (χ4n) is 8.03. The second-order valence-electron chi connectivity index (χ2n) is 12.9. The molecule has 0 aliphatic heterocycles. The average Bonchev–Trinajstić information content (AvgIpc) is 3.64. The lowest BCUT2D eigenvalue weighted by Gasteiger charge is -2.17. The summed E-state index contributed by atoms with van der Waals surface area (Å²) in [4.78, 5) is 9.89. The number of benzene rings is 4. The number of fused-ring (bicyclic) bond motifs is 16. The Hall–Kier alpha value is -5.94. The van der Waals surface area contributed by atoms with Crippen molar-refractivity contribution in [1.29, 1.82) is 0 Å². The van der Waals surface area contributed by atoms with Crippen LogP contribution in [0, 0.1) is 27.7 Å². The predicted octanol–water partition coefficient (Wildman–Crippen LogP) is 10.9. The molecule has 0 bridgehead atoms. The maximum atomic E-state index is 6.80. The molecule has 0 aliphatic carbocycles. The van der Waals surface area contributed by atoms with Crippen LogP contribution in [-0.4, -0.2) is 18.8 Å². The number of aromatic nitrogens is 4. The van der Waals surface area contributed by atoms with E-state index in [2.05, 4.69) is 134 Å². The van der Waals surface area contributed by atoms with Crippen molar-refractivity contribution in [1.82, 2.24) is 18.8 Å². The molecule has 0 radical (unpaired) electrons. The van der Waals surface area contributed by atoms with E-state index in [-0.39, 0.29) is 0 Å². The van der Waals surface area contributed by atoms with Gasteiger partial charge in [-0.15, -0.1) is 0 Å². The lowest BCUT2D eigenvalue weighted by Crippen LogP contribution is -1.98. The summed E-state index contributed by atoms with van der Waals surface area (Å²) >= 11 is 0. The van der Waals surface area contributed by atoms with E-state index in [0.717, 1.165) is 55.5 Å². The van der Waals surface area contributed by atoms with E-state index in [1.54, 1.807) is 0 Å². The van der Waals surface area contributed by atoms with Gasteiger partial charge in [0.2, 0.25) is 0 Å². The quantitative estimate of drug-likeness (QED) is 0.184. The Balaban J connectivity index is 1.25. The number of hydrogen-bond donors (Lipinski definition) is 0. The maximum Gasteiger partial charge on any atom is 0.128 e. The third-order valence-corrected chi connectivity index (χ3v) is 9.99. The maximum absolute atomic E-state index is 6.80. The molecular formula is C42H30N4O. The fraction of sp³-hybridized carbons (Fsp3) is 0.0952. The zero-order valence-corrected chi connectivity index (χ0v) is 26.6. The summed E-state index contributed by atoms with van der Waals surface area (Å²) in [5, 5.41) is 6.94. The van der Waals surface area contributed by atoms with Gasteiger partial charge in [0.1, 0.15) is 11.5 Å². The summed E-state index contributed by atoms with van der Waals surface area (Å²) in [5.41, 5.74) is 13.7. The Morgan fingerprint density at radius 3 is 1.38 bits per heavy atom. The van der Waals surface area contributed by atoms with Crippen molar-refractivity contribution >= 4 is 76.5 Å². The molecule has 5 heteroatoms. The molecule has 5 nitrogen and oxygen atoms in total. The average molecular weight is 607 g/mol. The summed E-state index contributed by atoms with van der Waals surface area (Å²) in [6.45, 7) is 8.68. The lowest BCUT2D eigenvalue weighted by molar-refractivity contribution is 0.483. The third kappa shape index (κ3) is 3.54. The first-order valence-electron chi connectivity index (χ1n) is 16.1. The van der Waals surface area contributed by atoms with E-state index in [4.69, 9.17) is 14.7 Å². The van der Waals surface area contributed by atoms with Gasteiger partial charge in [0.15, 0.2) is 0 Å². The fourth-order valence-corrected chi connectivity index (χ4v) is 8.03. The van der Waals surface area contributed by atoms with Crippen LogP contribution in [0.4, 0.5) is 0 Å². The Kier molecular flexibility index (Phi) is 5.20. The lowest BCUT2D eigenvalue weighted by atomic mass is 10.0. The van der Waals surface area contributed by atoms with Crippen LogP contribution in [0.15, 0.2) is 109 Å². The van der Waals surface area contributed by atoms with Crippen molar-refractivity contribution in [3.05, 3.63) is 132 Å². The van der Waals surface area contributed by atoms with Crippen molar-refractivity contribution in [3.8, 4) is 11.5 Å². The highest BCUT2D eigenvalue weighted by Crippen LogP contribution is 2.41. The van der Waals surface area contributed by atoms with Crippen LogP contribution in [0.2, 0.25) is 0 Å². The van der Waals surface area contributed by atoms with E-state index in [0.29, 0.717) is 0 Å². The van der Waals surface area contributed by atoms with Gasteiger partial charge in [0.05, 0.1) is 44.1 Å². The van der Waals surface area contributed by atoms with Crippen LogP contribution in [0.5, 0.6) is 11.5 Å². The Labute approximate surface area is 270 Å². The highest BCUT2D eigenvalue weighted by molar-refractivity contribution is 6.17. The van der Waals surface area contributed by atoms with Crippen molar-refractivity contribution in [2.75, 3.05) is 0 Å². The molecule has 0 amide bonds. The molecule has 6 aromatic heterocycles. The molecule has 0 aliphatic rings. The Bertz CT molecular complexity index is 2780. The number of hydrogen-bond acceptors (Lipinski definition) is 3. The summed E-state index contributed by atoms with van der Waals surface area (Å²) in [7, 11) is 0. The van der Waals surface area contributed by atoms with Crippen LogP contribution in [-0.2, 0) is 0 Å². The number of ether oxygens (including phenoxy) is 1. The number of rotatable bonds is 2. The van der Waals surface area contributed by atoms with E-state index < -0.39 is 0 Å². The normalized spacial score (nSPS) is 12.3. The van der Waals surface area contributed by atoms with E-state index in [1.165, 1.54) is 54.7 Å². The van der Waals surface area contributed by atoms with Gasteiger partial charge in [-0.3, -0.25) is 9.97 Å². The third-order valence-electron chi connectivity index (χ3n) is 9.99. The smallest absolute Gasteiger partial charge is 0.128 e. The van der Waals surface area contributed by atoms with Gasteiger partial charge in [0, 0.05) is 44.7 Å². The summed E-state index contributed by atoms with van der Waals surface area (Å²) in [6, 6.07) is 34.6. The van der Waals surface area contributed by atoms with Gasteiger partial charge < -0.3 is 13.5 Å². The minimum atomic E-state index is 0.787. The molecular weight excluding hydrogens is 576 g/mol. The second-order valence-corrected chi connectivity index (χ2v) is 12.9. The molecule has 0 saturated heterocycles. The largest absolute Gasteiger partial charge is 0.457 e. The molecule has 47 heavy (non-hydrogen) atoms. The molecule has 0 atom stereocenters. The van der Waals surface area contributed by atoms with Gasteiger partial charge in [0.25, 0.3) is 0 Å². The number of nitrogens with zero attached hydrogens (tertiary/aromatic N) is 4. The zero-order chi connectivity index (χ0) is 31.6. The number of para-hydroxylation sites is 2. The summed E-state index contributed by atoms with van der Waals surface area (Å²) < 4.78 is 11.6. The minimum Gasteiger partial charge on any atom is -0.457 e. The van der Waals surface area contributed by atoms with Crippen LogP contribution < -0.4 is 4.74 Å². The van der Waals surface area contributed by atoms with E-state index in [1.807, 2.05) is 12.4 Å². The van der Waals surface area contributed by atoms with Crippen molar-refractivity contribution < 1.29 is 4.74 Å². The SMILES string of the molecule is Cc1ccnc2c3cc(Oc4cc(C)c5c(c4)c4nccc(C)c4c4cc6ccccc6n45)cc(C)c3n3c4ccccc4cc3c12. The number of aryl methyl sites for hydroxylation is 4. The second kappa shape index (κ2) is 9.30. The standard InChI is InChI=1S/C42H30N4O/c1-23-13-15-43-39-31-21-29(17-25(3)41(31)45-33-11-7-5-9-27(33)19-35(45)37(23)39)47-30-18-26(4)42-32(22-30)40-38(24(2)14-16-44-40)36-20-28-10-6-8-12-34(28)46(36)42/h5-22H,1-4H3. The highest BCUT2D eigenvalue weighted by atomic mass is 16.5. The van der Waals surface area contributed by atoms with Gasteiger partial charge in [-0.05, 0) is 111 Å². The molecule has 0 saturated carbocycles. The molecule has 0 unspecified atom stereocenters. The molecule has 0 fully saturated rings. The van der Waals surface area contributed by atoms with Crippen molar-refractivity contribution in [2.45, 2.75) is 27.7 Å². The van der Waals surface area contributed by atoms with Crippen molar-refractivity contribution in [3.63, 3.8) is 0 Å². The van der Waals surface area contributed by atoms with Crippen LogP contribution in [0.1, 0.15) is 22.3 Å². The monoisotopic (exact) mass is 606 g/mol. The van der Waals surface area contributed by atoms with E-state index in [9.17, 15) is 0 Å². The van der Waals surface area contributed by atoms with Gasteiger partial charge in [-0.2, -0.15) is 0 Å². The Morgan fingerprint density at radius 1 is 0.468 bits per heavy atom. The van der Waals surface area contributed by atoms with Crippen LogP contribution >= 0.6 is 0 Å². The predicted molar refractivity (Wildman–Crippen MR) is 194 cm³/mol. The zero-order valence-electron chi connectivity index (χ0n) is 26.6. The van der Waals surface area contributed by atoms with Gasteiger partial charge in [-0.1, -0.05) is 36.4 Å². The molecule has 0 N–H and O–H groups in total. The molecule has 0 spiro atoms. The molecule has 6 heterocycles. The molecule has 10 rings (SSSR count). The van der Waals surface area contributed by atoms with Crippen molar-refractivity contribution in [2.24, 2.45) is 0 Å². The van der Waals surface area contributed by atoms with Crippen LogP contribution in [0.25, 0.3) is 76.5 Å². The highest BCUT2D eigenvalue weighted by Gasteiger charge is 2.20. The number of pyridine rings is 4. The topological polar surface area (TPSA) is 43.8 Å². The summed E-state index contributed by atoms with van der Waals surface area (Å²) in [6.07, 6.45) is 3.83. The first-order valence-corrected chi connectivity index (χ1v) is 16.1. The van der Waals surface area contributed by atoms with E-state index >= 15 is 0 Å². The first-order chi connectivity index (χ1) is 23.0. The summed E-state index contributed by atoms with van der Waals surface area (Å²) in [5.74, 6) is 1.57. The van der Waals surface area contributed by atoms with Crippen LogP contribution in [0.3, 0.4) is 0 Å². The molecule has 4 aromatic carbocycles.